The van der Waals surface area contributed by atoms with Gasteiger partial charge in [-0.25, -0.2) is 4.49 Å². The molecule has 0 aliphatic rings. The van der Waals surface area contributed by atoms with Gasteiger partial charge < -0.3 is 4.57 Å². The largest absolute Gasteiger partial charge is 0.313 e. The van der Waals surface area contributed by atoms with Gasteiger partial charge in [0, 0.05) is 11.2 Å². The van der Waals surface area contributed by atoms with E-state index in [1.54, 1.807) is 0 Å². The lowest BCUT2D eigenvalue weighted by Gasteiger charge is -1.72. The summed E-state index contributed by atoms with van der Waals surface area (Å²) in [5.41, 5.74) is 0. The Kier molecular flexibility index (Phi) is 5.63. The third-order valence-corrected chi connectivity index (χ3v) is 1.64. The summed E-state index contributed by atoms with van der Waals surface area (Å²) in [6, 6.07) is 0. The second-order valence-corrected chi connectivity index (χ2v) is 2.11. The minimum Gasteiger partial charge on any atom is -0.313 e. The van der Waals surface area contributed by atoms with E-state index in [1.807, 2.05) is 0 Å². The van der Waals surface area contributed by atoms with Gasteiger partial charge in [-0.15, -0.1) is 0 Å². The van der Waals surface area contributed by atoms with Crippen LogP contribution in [0.25, 0.3) is 0 Å². The quantitative estimate of drug-likeness (QED) is 0.449. The number of hydrogen-bond acceptors (Lipinski definition) is 2. The van der Waals surface area contributed by atoms with E-state index in [9.17, 15) is 4.57 Å². The van der Waals surface area contributed by atoms with Crippen LogP contribution in [0, 0.1) is 0 Å². The van der Waals surface area contributed by atoms with E-state index in [1.165, 1.54) is 0 Å². The zero-order valence-electron chi connectivity index (χ0n) is 2.27. The summed E-state index contributed by atoms with van der Waals surface area (Å²) in [5.74, 6) is 0. The first kappa shape index (κ1) is 5.83. The van der Waals surface area contributed by atoms with Crippen LogP contribution in [-0.2, 0) is 4.57 Å². The van der Waals surface area contributed by atoms with Crippen molar-refractivity contribution in [3.8, 4) is 0 Å². The van der Waals surface area contributed by atoms with Crippen molar-refractivity contribution in [2.24, 2.45) is 0 Å². The maximum atomic E-state index is 9.40. The summed E-state index contributed by atoms with van der Waals surface area (Å²) in [4.78, 5) is 0. The molecule has 32 valence electrons. The van der Waals surface area contributed by atoms with Crippen LogP contribution in [0.3, 0.4) is 0 Å². The van der Waals surface area contributed by atoms with Crippen molar-refractivity contribution in [3.05, 3.63) is 0 Å². The lowest BCUT2D eigenvalue weighted by Crippen LogP contribution is -1.68. The molecule has 0 amide bonds. The lowest BCUT2D eigenvalue weighted by molar-refractivity contribution is 0.598. The van der Waals surface area contributed by atoms with Crippen LogP contribution in [0.5, 0.6) is 0 Å². The van der Waals surface area contributed by atoms with Gasteiger partial charge in [-0.3, -0.25) is 0 Å². The molecule has 5 heavy (non-hydrogen) atoms. The molecule has 0 rings (SSSR count). The highest BCUT2D eigenvalue weighted by atomic mass is 35.7. The fourth-order valence-corrected chi connectivity index (χ4v) is 0.491. The van der Waals surface area contributed by atoms with Gasteiger partial charge >= 0.3 is 0 Å². The monoisotopic (exact) mass is 131 g/mol. The van der Waals surface area contributed by atoms with Crippen molar-refractivity contribution >= 4 is 30.5 Å². The normalized spacial score (nSPS) is 10.6. The molecule has 2 nitrogen and oxygen atoms in total. The molecule has 0 saturated carbocycles. The van der Waals surface area contributed by atoms with Crippen LogP contribution in [-0.4, -0.2) is 0 Å². The zero-order chi connectivity index (χ0) is 4.12. The molecule has 0 aromatic carbocycles. The molecular formula is H3ClNOPS. The van der Waals surface area contributed by atoms with Crippen LogP contribution in [0.4, 0.5) is 0 Å². The Balaban J connectivity index is 2.40. The van der Waals surface area contributed by atoms with Gasteiger partial charge in [0.15, 0.2) is 0 Å². The van der Waals surface area contributed by atoms with Crippen molar-refractivity contribution in [1.82, 2.24) is 4.49 Å². The van der Waals surface area contributed by atoms with Gasteiger partial charge in [0.2, 0.25) is 0 Å². The van der Waals surface area contributed by atoms with Gasteiger partial charge in [0.05, 0.1) is 0 Å². The maximum absolute atomic E-state index is 9.40. The Morgan fingerprint density at radius 1 is 2.00 bits per heavy atom. The van der Waals surface area contributed by atoms with E-state index in [-0.39, 0.29) is 0 Å². The first-order valence-corrected chi connectivity index (χ1v) is 3.57. The predicted molar refractivity (Wildman–Crippen MR) is 27.0 cm³/mol. The molecule has 0 aliphatic carbocycles. The van der Waals surface area contributed by atoms with Crippen LogP contribution in [0.2, 0.25) is 0 Å². The summed E-state index contributed by atoms with van der Waals surface area (Å²) in [5, 5.41) is 0. The van der Waals surface area contributed by atoms with E-state index in [2.05, 4.69) is 4.49 Å². The topological polar surface area (TPSA) is 29.1 Å². The van der Waals surface area contributed by atoms with Crippen LogP contribution in [0.1, 0.15) is 0 Å². The van der Waals surface area contributed by atoms with E-state index in [0.29, 0.717) is 0 Å². The Morgan fingerprint density at radius 2 is 2.60 bits per heavy atom. The van der Waals surface area contributed by atoms with Crippen LogP contribution < -0.4 is 4.49 Å². The Labute approximate surface area is 40.2 Å². The SMILES string of the molecule is O=[PH2]NSCl. The van der Waals surface area contributed by atoms with Crippen molar-refractivity contribution in [2.75, 3.05) is 0 Å². The third kappa shape index (κ3) is 4.83. The highest BCUT2D eigenvalue weighted by molar-refractivity contribution is 8.21. The first-order chi connectivity index (χ1) is 2.41. The highest BCUT2D eigenvalue weighted by Gasteiger charge is 1.63. The van der Waals surface area contributed by atoms with E-state index >= 15 is 0 Å². The van der Waals surface area contributed by atoms with Gasteiger partial charge in [-0.1, -0.05) is 0 Å². The van der Waals surface area contributed by atoms with Crippen molar-refractivity contribution < 1.29 is 4.57 Å². The van der Waals surface area contributed by atoms with Gasteiger partial charge in [0.1, 0.15) is 8.61 Å². The van der Waals surface area contributed by atoms with Crippen molar-refractivity contribution in [3.63, 3.8) is 0 Å². The standard InChI is InChI=1S/ClH3NOPS/c1-5-2-4-3/h4H2,(H,2,3). The summed E-state index contributed by atoms with van der Waals surface area (Å²) < 4.78 is 11.7. The van der Waals surface area contributed by atoms with Gasteiger partial charge in [-0.2, -0.15) is 0 Å². The molecule has 0 radical (unpaired) electrons. The molecule has 1 N–H and O–H groups in total. The van der Waals surface area contributed by atoms with E-state index in [0.717, 1.165) is 11.2 Å². The summed E-state index contributed by atoms with van der Waals surface area (Å²) in [7, 11) is 4.04. The van der Waals surface area contributed by atoms with Crippen LogP contribution >= 0.6 is 30.5 Å². The fourth-order valence-electron chi connectivity index (χ4n) is 0.0182. The molecule has 0 aliphatic heterocycles. The van der Waals surface area contributed by atoms with E-state index in [4.69, 9.17) is 10.7 Å². The smallest absolute Gasteiger partial charge is 0.134 e. The molecule has 0 aromatic rings. The molecule has 0 saturated heterocycles. The lowest BCUT2D eigenvalue weighted by atomic mass is 13.9. The maximum Gasteiger partial charge on any atom is 0.134 e. The molecule has 0 heterocycles. The summed E-state index contributed by atoms with van der Waals surface area (Å²) >= 11 is 0.848. The molecule has 0 aromatic heterocycles. The average Bonchev–Trinajstić information content (AvgIpc) is 1.41. The molecule has 0 spiro atoms. The van der Waals surface area contributed by atoms with E-state index < -0.39 is 8.61 Å². The Bertz CT molecular complexity index is 32.8. The Morgan fingerprint density at radius 3 is 2.60 bits per heavy atom. The Hall–Kier alpha value is 0.830. The second-order valence-electron chi connectivity index (χ2n) is 0.313. The molecule has 5 heteroatoms. The highest BCUT2D eigenvalue weighted by Crippen LogP contribution is 2.02. The van der Waals surface area contributed by atoms with Crippen LogP contribution in [0.15, 0.2) is 0 Å². The average molecular weight is 132 g/mol. The minimum absolute atomic E-state index is 0.848. The van der Waals surface area contributed by atoms with Crippen molar-refractivity contribution in [1.29, 1.82) is 0 Å². The first-order valence-electron chi connectivity index (χ1n) is 0.883. The number of rotatable bonds is 2. The number of halogens is 1. The van der Waals surface area contributed by atoms with Gasteiger partial charge in [0.25, 0.3) is 0 Å². The third-order valence-electron chi connectivity index (χ3n) is 0.0927. The summed E-state index contributed by atoms with van der Waals surface area (Å²) in [6.45, 7) is 0. The molecule has 0 fully saturated rings. The minimum atomic E-state index is -0.883. The van der Waals surface area contributed by atoms with Crippen molar-refractivity contribution in [2.45, 2.75) is 0 Å². The predicted octanol–water partition coefficient (Wildman–Crippen LogP) is 1.05. The zero-order valence-corrected chi connectivity index (χ0v) is 5.00. The number of nitrogens with one attached hydrogen (secondary N) is 1. The van der Waals surface area contributed by atoms with Gasteiger partial charge in [-0.05, 0) is 10.7 Å². The second kappa shape index (κ2) is 4.83. The molecule has 1 unspecified atom stereocenters. The summed E-state index contributed by atoms with van der Waals surface area (Å²) in [6.07, 6.45) is 0. The molecular weight excluding hydrogens is 128 g/mol. The fraction of sp³-hybridized carbons (Fsp3) is 0. The molecule has 1 atom stereocenters. The number of hydrogen-bond donors (Lipinski definition) is 1. The molecule has 0 bridgehead atoms.